The van der Waals surface area contributed by atoms with Gasteiger partial charge in [-0.3, -0.25) is 4.79 Å². The van der Waals surface area contributed by atoms with Crippen molar-refractivity contribution in [3.8, 4) is 0 Å². The quantitative estimate of drug-likeness (QED) is 0.864. The smallest absolute Gasteiger partial charge is 0.320 e. The summed E-state index contributed by atoms with van der Waals surface area (Å²) in [6.45, 7) is 1.12. The molecule has 1 unspecified atom stereocenters. The van der Waals surface area contributed by atoms with E-state index in [1.807, 2.05) is 4.90 Å². The molecule has 21 heavy (non-hydrogen) atoms. The first kappa shape index (κ1) is 15.3. The number of aliphatic carboxylic acids is 1. The van der Waals surface area contributed by atoms with Gasteiger partial charge in [-0.2, -0.15) is 0 Å². The second-order valence-corrected chi connectivity index (χ2v) is 5.45. The van der Waals surface area contributed by atoms with Crippen LogP contribution in [0.2, 0.25) is 0 Å². The predicted molar refractivity (Wildman–Crippen MR) is 76.7 cm³/mol. The van der Waals surface area contributed by atoms with Gasteiger partial charge in [0.2, 0.25) is 0 Å². The van der Waals surface area contributed by atoms with Gasteiger partial charge in [-0.1, -0.05) is 0 Å². The third-order valence-electron chi connectivity index (χ3n) is 3.83. The van der Waals surface area contributed by atoms with E-state index in [-0.39, 0.29) is 18.5 Å². The van der Waals surface area contributed by atoms with Crippen molar-refractivity contribution in [1.82, 2.24) is 19.8 Å². The molecule has 1 saturated heterocycles. The van der Waals surface area contributed by atoms with Crippen molar-refractivity contribution < 1.29 is 14.7 Å². The number of amides is 2. The zero-order valence-electron chi connectivity index (χ0n) is 12.3. The molecule has 2 amide bonds. The lowest BCUT2D eigenvalue weighted by Crippen LogP contribution is -2.49. The fourth-order valence-electron chi connectivity index (χ4n) is 2.74. The molecule has 1 aliphatic heterocycles. The number of nitrogens with one attached hydrogen (secondary N) is 1. The molecule has 0 radical (unpaired) electrons. The fraction of sp³-hybridized carbons (Fsp3) is 0.643. The van der Waals surface area contributed by atoms with Gasteiger partial charge >= 0.3 is 12.0 Å². The van der Waals surface area contributed by atoms with Crippen LogP contribution >= 0.6 is 0 Å². The normalized spacial score (nSPS) is 18.5. The summed E-state index contributed by atoms with van der Waals surface area (Å²) >= 11 is 0. The molecular formula is C14H22N4O3. The Kier molecular flexibility index (Phi) is 5.19. The van der Waals surface area contributed by atoms with E-state index >= 15 is 0 Å². The van der Waals surface area contributed by atoms with Crippen molar-refractivity contribution in [3.63, 3.8) is 0 Å². The number of carbonyl (C=O) groups is 2. The van der Waals surface area contributed by atoms with Gasteiger partial charge in [-0.25, -0.2) is 9.78 Å². The average Bonchev–Trinajstić information content (AvgIpc) is 2.97. The largest absolute Gasteiger partial charge is 0.481 e. The van der Waals surface area contributed by atoms with Crippen LogP contribution in [0.25, 0.3) is 0 Å². The minimum atomic E-state index is -0.808. The van der Waals surface area contributed by atoms with Crippen LogP contribution in [0.1, 0.15) is 37.9 Å². The first-order valence-electron chi connectivity index (χ1n) is 7.29. The lowest BCUT2D eigenvalue weighted by molar-refractivity contribution is -0.137. The molecule has 1 atom stereocenters. The average molecular weight is 294 g/mol. The van der Waals surface area contributed by atoms with Gasteiger partial charge in [0, 0.05) is 38.4 Å². The van der Waals surface area contributed by atoms with Crippen LogP contribution in [0.15, 0.2) is 12.4 Å². The highest BCUT2D eigenvalue weighted by molar-refractivity contribution is 5.74. The molecule has 7 nitrogen and oxygen atoms in total. The minimum Gasteiger partial charge on any atom is -0.481 e. The number of rotatable bonds is 5. The number of aromatic amines is 1. The molecule has 1 aromatic heterocycles. The predicted octanol–water partition coefficient (Wildman–Crippen LogP) is 1.68. The van der Waals surface area contributed by atoms with E-state index in [0.717, 1.165) is 25.1 Å². The molecule has 2 N–H and O–H groups in total. The van der Waals surface area contributed by atoms with Crippen molar-refractivity contribution in [3.05, 3.63) is 18.2 Å². The van der Waals surface area contributed by atoms with E-state index in [1.54, 1.807) is 24.3 Å². The molecule has 1 aromatic rings. The Hall–Kier alpha value is -2.05. The molecule has 0 aromatic carbocycles. The highest BCUT2D eigenvalue weighted by atomic mass is 16.4. The highest BCUT2D eigenvalue weighted by Gasteiger charge is 2.29. The number of H-pyrrole nitrogens is 1. The van der Waals surface area contributed by atoms with E-state index < -0.39 is 5.97 Å². The van der Waals surface area contributed by atoms with Crippen molar-refractivity contribution in [1.29, 1.82) is 0 Å². The topological polar surface area (TPSA) is 89.5 Å². The molecule has 1 fully saturated rings. The monoisotopic (exact) mass is 294 g/mol. The summed E-state index contributed by atoms with van der Waals surface area (Å²) in [6, 6.07) is -0.0251. The number of nitrogens with zero attached hydrogens (tertiary/aromatic N) is 3. The second kappa shape index (κ2) is 7.10. The third kappa shape index (κ3) is 4.21. The van der Waals surface area contributed by atoms with E-state index in [0.29, 0.717) is 19.5 Å². The summed E-state index contributed by atoms with van der Waals surface area (Å²) in [7, 11) is 1.74. The minimum absolute atomic E-state index is 0.0291. The van der Waals surface area contributed by atoms with Crippen LogP contribution in [0.3, 0.4) is 0 Å². The zero-order chi connectivity index (χ0) is 15.2. The number of urea groups is 1. The highest BCUT2D eigenvalue weighted by Crippen LogP contribution is 2.22. The van der Waals surface area contributed by atoms with Crippen LogP contribution in [0, 0.1) is 0 Å². The maximum atomic E-state index is 12.5. The number of hydrogen-bond donors (Lipinski definition) is 2. The molecule has 0 aliphatic carbocycles. The van der Waals surface area contributed by atoms with E-state index in [4.69, 9.17) is 5.11 Å². The summed E-state index contributed by atoms with van der Waals surface area (Å²) in [5.41, 5.74) is 0. The maximum absolute atomic E-state index is 12.5. The number of carbonyl (C=O) groups excluding carboxylic acids is 1. The van der Waals surface area contributed by atoms with Crippen molar-refractivity contribution >= 4 is 12.0 Å². The molecule has 0 spiro atoms. The van der Waals surface area contributed by atoms with Gasteiger partial charge in [0.1, 0.15) is 5.82 Å². The molecule has 1 aliphatic rings. The van der Waals surface area contributed by atoms with Crippen LogP contribution in [-0.2, 0) is 11.3 Å². The van der Waals surface area contributed by atoms with Gasteiger partial charge in [-0.05, 0) is 25.7 Å². The molecule has 7 heteroatoms. The summed E-state index contributed by atoms with van der Waals surface area (Å²) in [5, 5.41) is 8.82. The molecular weight excluding hydrogens is 272 g/mol. The van der Waals surface area contributed by atoms with Gasteiger partial charge in [0.05, 0.1) is 6.54 Å². The summed E-state index contributed by atoms with van der Waals surface area (Å²) < 4.78 is 0. The number of aromatic nitrogens is 2. The Morgan fingerprint density at radius 2 is 2.33 bits per heavy atom. The Balaban J connectivity index is 1.95. The van der Waals surface area contributed by atoms with Gasteiger partial charge in [0.15, 0.2) is 0 Å². The third-order valence-corrected chi connectivity index (χ3v) is 3.83. The van der Waals surface area contributed by atoms with E-state index in [1.165, 1.54) is 0 Å². The number of piperidine rings is 1. The molecule has 2 heterocycles. The molecule has 0 bridgehead atoms. The Bertz CT molecular complexity index is 475. The number of imidazole rings is 1. The maximum Gasteiger partial charge on any atom is 0.320 e. The number of hydrogen-bond acceptors (Lipinski definition) is 3. The van der Waals surface area contributed by atoms with Gasteiger partial charge in [0.25, 0.3) is 0 Å². The first-order valence-corrected chi connectivity index (χ1v) is 7.29. The molecule has 116 valence electrons. The number of carboxylic acid groups (broad SMARTS) is 1. The molecule has 0 saturated carbocycles. The summed E-state index contributed by atoms with van der Waals surface area (Å²) in [4.78, 5) is 33.8. The fourth-order valence-corrected chi connectivity index (χ4v) is 2.74. The Morgan fingerprint density at radius 3 is 3.00 bits per heavy atom. The van der Waals surface area contributed by atoms with E-state index in [2.05, 4.69) is 9.97 Å². The molecule has 2 rings (SSSR count). The van der Waals surface area contributed by atoms with Crippen molar-refractivity contribution in [2.45, 2.75) is 44.7 Å². The van der Waals surface area contributed by atoms with Gasteiger partial charge in [-0.15, -0.1) is 0 Å². The first-order chi connectivity index (χ1) is 10.1. The number of carboxylic acids is 1. The van der Waals surface area contributed by atoms with Crippen LogP contribution < -0.4 is 0 Å². The van der Waals surface area contributed by atoms with Crippen molar-refractivity contribution in [2.75, 3.05) is 13.6 Å². The lowest BCUT2D eigenvalue weighted by atomic mass is 9.98. The Labute approximate surface area is 124 Å². The standard InChI is InChI=1S/C14H22N4O3/c1-17(10-12-15-7-8-16-12)14(21)18-9-3-2-4-11(18)5-6-13(19)20/h7-8,11H,2-6,9-10H2,1H3,(H,15,16)(H,19,20). The second-order valence-electron chi connectivity index (χ2n) is 5.45. The van der Waals surface area contributed by atoms with Gasteiger partial charge < -0.3 is 19.9 Å². The van der Waals surface area contributed by atoms with E-state index in [9.17, 15) is 9.59 Å². The zero-order valence-corrected chi connectivity index (χ0v) is 12.3. The van der Waals surface area contributed by atoms with Crippen molar-refractivity contribution in [2.24, 2.45) is 0 Å². The van der Waals surface area contributed by atoms with Crippen LogP contribution in [-0.4, -0.2) is 56.5 Å². The summed E-state index contributed by atoms with van der Waals surface area (Å²) in [5.74, 6) is -0.0677. The van der Waals surface area contributed by atoms with Crippen LogP contribution in [0.5, 0.6) is 0 Å². The number of likely N-dealkylation sites (tertiary alicyclic amines) is 1. The van der Waals surface area contributed by atoms with Crippen LogP contribution in [0.4, 0.5) is 4.79 Å². The Morgan fingerprint density at radius 1 is 1.52 bits per heavy atom. The lowest BCUT2D eigenvalue weighted by Gasteiger charge is -2.37. The summed E-state index contributed by atoms with van der Waals surface area (Å²) in [6.07, 6.45) is 6.92. The SMILES string of the molecule is CN(Cc1ncc[nH]1)C(=O)N1CCCCC1CCC(=O)O.